The van der Waals surface area contributed by atoms with Gasteiger partial charge in [0.05, 0.1) is 25.7 Å². The summed E-state index contributed by atoms with van der Waals surface area (Å²) in [5, 5.41) is 3.05. The van der Waals surface area contributed by atoms with Crippen LogP contribution in [0.5, 0.6) is 0 Å². The van der Waals surface area contributed by atoms with E-state index in [-0.39, 0.29) is 17.8 Å². The molecule has 1 unspecified atom stereocenters. The zero-order valence-electron chi connectivity index (χ0n) is 19.8. The third kappa shape index (κ3) is 8.46. The van der Waals surface area contributed by atoms with E-state index in [1.807, 2.05) is 19.1 Å². The fraction of sp³-hybridized carbons (Fsp3) is 0.560. The van der Waals surface area contributed by atoms with E-state index in [4.69, 9.17) is 4.42 Å². The van der Waals surface area contributed by atoms with Crippen molar-refractivity contribution in [3.63, 3.8) is 0 Å². The minimum atomic E-state index is -0.217. The lowest BCUT2D eigenvalue weighted by atomic mass is 10.1. The van der Waals surface area contributed by atoms with E-state index >= 15 is 0 Å². The first-order valence-corrected chi connectivity index (χ1v) is 11.6. The molecule has 1 heterocycles. The van der Waals surface area contributed by atoms with Crippen LogP contribution in [0.25, 0.3) is 0 Å². The lowest BCUT2D eigenvalue weighted by Crippen LogP contribution is -3.12. The second-order valence-corrected chi connectivity index (χ2v) is 8.79. The van der Waals surface area contributed by atoms with E-state index in [0.717, 1.165) is 43.8 Å². The van der Waals surface area contributed by atoms with E-state index in [2.05, 4.69) is 33.0 Å². The zero-order chi connectivity index (χ0) is 22.8. The van der Waals surface area contributed by atoms with Gasteiger partial charge in [-0.05, 0) is 71.7 Å². The number of rotatable bonds is 13. The van der Waals surface area contributed by atoms with Gasteiger partial charge in [0.25, 0.3) is 5.91 Å². The Kier molecular flexibility index (Phi) is 10.2. The molecule has 2 rings (SSSR count). The Labute approximate surface area is 186 Å². The fourth-order valence-corrected chi connectivity index (χ4v) is 3.83. The van der Waals surface area contributed by atoms with Crippen molar-refractivity contribution in [1.29, 1.82) is 0 Å². The lowest BCUT2D eigenvalue weighted by molar-refractivity contribution is -0.949. The van der Waals surface area contributed by atoms with Gasteiger partial charge in [-0.15, -0.1) is 0 Å². The van der Waals surface area contributed by atoms with Gasteiger partial charge < -0.3 is 19.5 Å². The molecular weight excluding hydrogens is 393 g/mol. The summed E-state index contributed by atoms with van der Waals surface area (Å²) in [6, 6.07) is 10.8. The van der Waals surface area contributed by atoms with E-state index in [1.54, 1.807) is 23.1 Å². The highest BCUT2D eigenvalue weighted by molar-refractivity contribution is 5.91. The van der Waals surface area contributed by atoms with E-state index in [1.165, 1.54) is 11.0 Å². The summed E-state index contributed by atoms with van der Waals surface area (Å²) in [4.78, 5) is 15.4. The number of quaternary nitrogens is 2. The van der Waals surface area contributed by atoms with Crippen LogP contribution in [0.3, 0.4) is 0 Å². The highest BCUT2D eigenvalue weighted by Crippen LogP contribution is 2.09. The maximum atomic E-state index is 13.5. The molecule has 0 spiro atoms. The summed E-state index contributed by atoms with van der Waals surface area (Å²) in [6.07, 6.45) is 2.05. The van der Waals surface area contributed by atoms with Crippen LogP contribution in [0.15, 0.2) is 40.8 Å². The second kappa shape index (κ2) is 12.6. The topological polar surface area (TPSA) is 51.1 Å². The molecule has 2 aromatic rings. The van der Waals surface area contributed by atoms with Gasteiger partial charge >= 0.3 is 0 Å². The summed E-state index contributed by atoms with van der Waals surface area (Å²) < 4.78 is 19.4. The van der Waals surface area contributed by atoms with Crippen LogP contribution < -0.4 is 15.1 Å². The Morgan fingerprint density at radius 1 is 1.10 bits per heavy atom. The minimum Gasteiger partial charge on any atom is -0.450 e. The number of furan rings is 1. The van der Waals surface area contributed by atoms with Crippen LogP contribution >= 0.6 is 0 Å². The Bertz CT molecular complexity index is 802. The number of halogens is 1. The van der Waals surface area contributed by atoms with Gasteiger partial charge in [0.1, 0.15) is 18.9 Å². The monoisotopic (exact) mass is 433 g/mol. The molecule has 31 heavy (non-hydrogen) atoms. The molecule has 0 aliphatic heterocycles. The molecule has 1 aromatic carbocycles. The smallest absolute Gasteiger partial charge is 0.287 e. The van der Waals surface area contributed by atoms with Crippen molar-refractivity contribution in [3.8, 4) is 0 Å². The quantitative estimate of drug-likeness (QED) is 0.454. The van der Waals surface area contributed by atoms with Crippen molar-refractivity contribution >= 4 is 5.91 Å². The molecule has 3 N–H and O–H groups in total. The van der Waals surface area contributed by atoms with Gasteiger partial charge in [-0.3, -0.25) is 4.79 Å². The van der Waals surface area contributed by atoms with Crippen LogP contribution in [-0.4, -0.2) is 37.6 Å². The van der Waals surface area contributed by atoms with Gasteiger partial charge in [-0.25, -0.2) is 4.39 Å². The standard InChI is InChI=1S/C25H38FN3O2/c1-6-28(7-2)15-9-10-20(5)27-25(30)24-14-13-23(31-24)18-29(19(3)4)17-21-11-8-12-22(26)16-21/h8,11-14,16,19-20H,6-7,9-10,15,17-18H2,1-5H3,(H,27,30)/p+2/t20-/m0/s1. The molecule has 0 bridgehead atoms. The number of hydrogen-bond donors (Lipinski definition) is 3. The summed E-state index contributed by atoms with van der Waals surface area (Å²) in [7, 11) is 0. The Morgan fingerprint density at radius 3 is 2.48 bits per heavy atom. The minimum absolute atomic E-state index is 0.113. The number of benzene rings is 1. The number of carbonyl (C=O) groups is 1. The molecule has 0 aliphatic carbocycles. The predicted molar refractivity (Wildman–Crippen MR) is 122 cm³/mol. The number of amides is 1. The molecule has 0 saturated heterocycles. The first-order chi connectivity index (χ1) is 14.8. The lowest BCUT2D eigenvalue weighted by Gasteiger charge is -2.22. The van der Waals surface area contributed by atoms with Gasteiger partial charge in [0, 0.05) is 11.6 Å². The van der Waals surface area contributed by atoms with Crippen LogP contribution in [0.1, 0.15) is 69.3 Å². The second-order valence-electron chi connectivity index (χ2n) is 8.79. The SMILES string of the molecule is CC[NH+](CC)CCC[C@H](C)NC(=O)c1ccc(C[NH+](Cc2cccc(F)c2)C(C)C)o1. The summed E-state index contributed by atoms with van der Waals surface area (Å²) in [6.45, 7) is 15.5. The molecule has 172 valence electrons. The molecule has 0 radical (unpaired) electrons. The predicted octanol–water partition coefficient (Wildman–Crippen LogP) is 2.24. The maximum absolute atomic E-state index is 13.5. The molecule has 1 amide bonds. The average Bonchev–Trinajstić information content (AvgIpc) is 3.19. The third-order valence-corrected chi connectivity index (χ3v) is 5.97. The Balaban J connectivity index is 1.88. The van der Waals surface area contributed by atoms with Gasteiger partial charge in [-0.2, -0.15) is 0 Å². The largest absolute Gasteiger partial charge is 0.450 e. The molecule has 0 fully saturated rings. The van der Waals surface area contributed by atoms with Gasteiger partial charge in [0.15, 0.2) is 11.5 Å². The number of hydrogen-bond acceptors (Lipinski definition) is 2. The molecular formula is C25H40FN3O2+2. The summed E-state index contributed by atoms with van der Waals surface area (Å²) in [5.74, 6) is 0.739. The third-order valence-electron chi connectivity index (χ3n) is 5.97. The van der Waals surface area contributed by atoms with Crippen LogP contribution in [-0.2, 0) is 13.1 Å². The van der Waals surface area contributed by atoms with Crippen molar-refractivity contribution in [2.24, 2.45) is 0 Å². The summed E-state index contributed by atoms with van der Waals surface area (Å²) in [5.41, 5.74) is 0.952. The van der Waals surface area contributed by atoms with E-state index in [9.17, 15) is 9.18 Å². The number of nitrogens with one attached hydrogen (secondary N) is 3. The molecule has 6 heteroatoms. The molecule has 0 aliphatic rings. The van der Waals surface area contributed by atoms with Crippen LogP contribution in [0.2, 0.25) is 0 Å². The Hall–Kier alpha value is -2.18. The van der Waals surface area contributed by atoms with Crippen LogP contribution in [0, 0.1) is 5.82 Å². The Morgan fingerprint density at radius 2 is 1.84 bits per heavy atom. The van der Waals surface area contributed by atoms with E-state index < -0.39 is 0 Å². The highest BCUT2D eigenvalue weighted by Gasteiger charge is 2.20. The van der Waals surface area contributed by atoms with Gasteiger partial charge in [0.2, 0.25) is 0 Å². The first-order valence-electron chi connectivity index (χ1n) is 11.6. The molecule has 2 atom stereocenters. The normalized spacial score (nSPS) is 13.5. The maximum Gasteiger partial charge on any atom is 0.287 e. The molecule has 5 nitrogen and oxygen atoms in total. The van der Waals surface area contributed by atoms with Gasteiger partial charge in [-0.1, -0.05) is 12.1 Å². The van der Waals surface area contributed by atoms with Crippen molar-refractivity contribution < 1.29 is 23.4 Å². The summed E-state index contributed by atoms with van der Waals surface area (Å²) >= 11 is 0. The molecule has 1 aromatic heterocycles. The van der Waals surface area contributed by atoms with E-state index in [0.29, 0.717) is 24.9 Å². The number of carbonyl (C=O) groups excluding carboxylic acids is 1. The fourth-order valence-electron chi connectivity index (χ4n) is 3.83. The van der Waals surface area contributed by atoms with Crippen molar-refractivity contribution in [1.82, 2.24) is 5.32 Å². The van der Waals surface area contributed by atoms with Crippen LogP contribution in [0.4, 0.5) is 4.39 Å². The van der Waals surface area contributed by atoms with Crippen molar-refractivity contribution in [2.45, 2.75) is 72.6 Å². The average molecular weight is 434 g/mol. The van der Waals surface area contributed by atoms with Crippen molar-refractivity contribution in [3.05, 3.63) is 59.3 Å². The molecule has 0 saturated carbocycles. The van der Waals surface area contributed by atoms with Crippen molar-refractivity contribution in [2.75, 3.05) is 19.6 Å². The highest BCUT2D eigenvalue weighted by atomic mass is 19.1. The zero-order valence-corrected chi connectivity index (χ0v) is 19.8. The first kappa shape index (κ1) is 25.1.